The van der Waals surface area contributed by atoms with Crippen LogP contribution in [0.4, 0.5) is 5.69 Å². The van der Waals surface area contributed by atoms with Crippen molar-refractivity contribution in [3.63, 3.8) is 0 Å². The van der Waals surface area contributed by atoms with Crippen molar-refractivity contribution in [1.82, 2.24) is 20.1 Å². The maximum atomic E-state index is 12.9. The number of hydrogen-bond acceptors (Lipinski definition) is 5. The highest BCUT2D eigenvalue weighted by Gasteiger charge is 2.26. The number of anilines is 1. The lowest BCUT2D eigenvalue weighted by atomic mass is 10.0. The summed E-state index contributed by atoms with van der Waals surface area (Å²) >= 11 is 16.9. The number of aromatic nitrogens is 3. The monoisotopic (exact) mass is 583 g/mol. The third-order valence-electron chi connectivity index (χ3n) is 5.05. The van der Waals surface area contributed by atoms with Crippen LogP contribution in [0.3, 0.4) is 0 Å². The molecule has 11 heteroatoms. The molecule has 0 fully saturated rings. The normalized spacial score (nSPS) is 12.0. The second kappa shape index (κ2) is 11.6. The van der Waals surface area contributed by atoms with Crippen LogP contribution in [0.5, 0.6) is 0 Å². The SMILES string of the molecule is Cc1cc(NC(=O)CSc2nnc([C@H](NC(=O)c3ccc(Cl)cc3Cl)C(C)C)n2C)ccc1Br. The summed E-state index contributed by atoms with van der Waals surface area (Å²) in [5.41, 5.74) is 2.09. The van der Waals surface area contributed by atoms with Crippen LogP contribution in [0.15, 0.2) is 46.0 Å². The first-order chi connectivity index (χ1) is 16.1. The average Bonchev–Trinajstić information content (AvgIpc) is 3.12. The summed E-state index contributed by atoms with van der Waals surface area (Å²) in [4.78, 5) is 25.3. The molecule has 2 amide bonds. The molecule has 0 spiro atoms. The highest BCUT2D eigenvalue weighted by Crippen LogP contribution is 2.27. The van der Waals surface area contributed by atoms with E-state index < -0.39 is 6.04 Å². The molecule has 0 aliphatic heterocycles. The quantitative estimate of drug-likeness (QED) is 0.315. The van der Waals surface area contributed by atoms with Gasteiger partial charge < -0.3 is 15.2 Å². The van der Waals surface area contributed by atoms with Gasteiger partial charge in [0.25, 0.3) is 5.91 Å². The third kappa shape index (κ3) is 6.53. The van der Waals surface area contributed by atoms with E-state index in [0.717, 1.165) is 15.7 Å². The molecular weight excluding hydrogens is 561 g/mol. The third-order valence-corrected chi connectivity index (χ3v) is 7.51. The van der Waals surface area contributed by atoms with E-state index in [1.165, 1.54) is 17.8 Å². The molecule has 0 bridgehead atoms. The van der Waals surface area contributed by atoms with Crippen LogP contribution in [0.2, 0.25) is 10.0 Å². The first kappa shape index (κ1) is 26.5. The molecule has 0 radical (unpaired) electrons. The second-order valence-corrected chi connectivity index (χ2v) is 10.7. The molecule has 1 atom stereocenters. The zero-order valence-electron chi connectivity index (χ0n) is 19.0. The molecular formula is C23H24BrCl2N5O2S. The molecule has 180 valence electrons. The van der Waals surface area contributed by atoms with Gasteiger partial charge >= 0.3 is 0 Å². The Morgan fingerprint density at radius 3 is 2.53 bits per heavy atom. The van der Waals surface area contributed by atoms with Gasteiger partial charge in [0.05, 0.1) is 22.4 Å². The molecule has 3 rings (SSSR count). The number of benzene rings is 2. The number of hydrogen-bond donors (Lipinski definition) is 2. The molecule has 34 heavy (non-hydrogen) atoms. The fourth-order valence-corrected chi connectivity index (χ4v) is 4.65. The molecule has 0 saturated carbocycles. The van der Waals surface area contributed by atoms with E-state index in [1.807, 2.05) is 46.0 Å². The Labute approximate surface area is 221 Å². The van der Waals surface area contributed by atoms with Crippen LogP contribution < -0.4 is 10.6 Å². The standard InChI is InChI=1S/C23H24BrCl2N5O2S/c1-12(2)20(28-22(33)16-7-5-14(25)10-18(16)26)21-29-30-23(31(21)4)34-11-19(32)27-15-6-8-17(24)13(3)9-15/h5-10,12,20H,11H2,1-4H3,(H,27,32)(H,28,33)/t20-/m1/s1. The van der Waals surface area contributed by atoms with Crippen LogP contribution in [0.25, 0.3) is 0 Å². The van der Waals surface area contributed by atoms with Crippen molar-refractivity contribution in [3.8, 4) is 0 Å². The van der Waals surface area contributed by atoms with Gasteiger partial charge in [-0.1, -0.05) is 64.7 Å². The maximum absolute atomic E-state index is 12.9. The number of halogens is 3. The second-order valence-electron chi connectivity index (χ2n) is 8.02. The lowest BCUT2D eigenvalue weighted by Gasteiger charge is -2.22. The Morgan fingerprint density at radius 1 is 1.15 bits per heavy atom. The van der Waals surface area contributed by atoms with E-state index in [1.54, 1.807) is 16.7 Å². The molecule has 0 aliphatic carbocycles. The lowest BCUT2D eigenvalue weighted by Crippen LogP contribution is -2.33. The Hall–Kier alpha value is -2.07. The predicted octanol–water partition coefficient (Wildman–Crippen LogP) is 6.05. The number of nitrogens with one attached hydrogen (secondary N) is 2. The minimum atomic E-state index is -0.411. The number of amides is 2. The van der Waals surface area contributed by atoms with E-state index in [9.17, 15) is 9.59 Å². The van der Waals surface area contributed by atoms with Gasteiger partial charge in [0.15, 0.2) is 11.0 Å². The van der Waals surface area contributed by atoms with Gasteiger partial charge in [0.1, 0.15) is 0 Å². The molecule has 2 N–H and O–H groups in total. The summed E-state index contributed by atoms with van der Waals surface area (Å²) in [5, 5.41) is 15.7. The van der Waals surface area contributed by atoms with Crippen LogP contribution in [0.1, 0.15) is 41.6 Å². The molecule has 1 aromatic heterocycles. The van der Waals surface area contributed by atoms with Crippen LogP contribution in [-0.4, -0.2) is 32.3 Å². The van der Waals surface area contributed by atoms with E-state index in [4.69, 9.17) is 23.2 Å². The first-order valence-electron chi connectivity index (χ1n) is 10.4. The minimum Gasteiger partial charge on any atom is -0.342 e. The van der Waals surface area contributed by atoms with E-state index in [2.05, 4.69) is 36.8 Å². The van der Waals surface area contributed by atoms with Gasteiger partial charge in [0.2, 0.25) is 5.91 Å². The molecule has 7 nitrogen and oxygen atoms in total. The molecule has 1 heterocycles. The van der Waals surface area contributed by atoms with Crippen molar-refractivity contribution < 1.29 is 9.59 Å². The highest BCUT2D eigenvalue weighted by molar-refractivity contribution is 9.10. The van der Waals surface area contributed by atoms with Gasteiger partial charge in [-0.2, -0.15) is 0 Å². The fraction of sp³-hybridized carbons (Fsp3) is 0.304. The Balaban J connectivity index is 1.68. The van der Waals surface area contributed by atoms with Gasteiger partial charge in [-0.25, -0.2) is 0 Å². The summed E-state index contributed by atoms with van der Waals surface area (Å²) in [7, 11) is 1.81. The number of nitrogens with zero attached hydrogens (tertiary/aromatic N) is 3. The smallest absolute Gasteiger partial charge is 0.253 e. The molecule has 3 aromatic rings. The highest BCUT2D eigenvalue weighted by atomic mass is 79.9. The van der Waals surface area contributed by atoms with Gasteiger partial charge in [-0.3, -0.25) is 9.59 Å². The Kier molecular flexibility index (Phi) is 9.03. The number of thioether (sulfide) groups is 1. The van der Waals surface area contributed by atoms with Gasteiger partial charge in [-0.15, -0.1) is 10.2 Å². The van der Waals surface area contributed by atoms with Crippen LogP contribution in [-0.2, 0) is 11.8 Å². The van der Waals surface area contributed by atoms with E-state index in [-0.39, 0.29) is 28.5 Å². The summed E-state index contributed by atoms with van der Waals surface area (Å²) < 4.78 is 2.77. The fourth-order valence-electron chi connectivity index (χ4n) is 3.19. The minimum absolute atomic E-state index is 0.0275. The van der Waals surface area contributed by atoms with Crippen molar-refractivity contribution >= 4 is 68.4 Å². The molecule has 2 aromatic carbocycles. The average molecular weight is 585 g/mol. The van der Waals surface area contributed by atoms with Gasteiger partial charge in [-0.05, 0) is 54.8 Å². The summed E-state index contributed by atoms with van der Waals surface area (Å²) in [6.07, 6.45) is 0. The van der Waals surface area contributed by atoms with Crippen molar-refractivity contribution in [2.75, 3.05) is 11.1 Å². The number of carbonyl (C=O) groups excluding carboxylic acids is 2. The zero-order valence-corrected chi connectivity index (χ0v) is 22.9. The van der Waals surface area contributed by atoms with Crippen LogP contribution in [0, 0.1) is 12.8 Å². The summed E-state index contributed by atoms with van der Waals surface area (Å²) in [5.74, 6) is 0.295. The number of rotatable bonds is 8. The van der Waals surface area contributed by atoms with Crippen LogP contribution >= 0.6 is 50.9 Å². The van der Waals surface area contributed by atoms with Crippen molar-refractivity contribution in [3.05, 3.63) is 67.9 Å². The largest absolute Gasteiger partial charge is 0.342 e. The molecule has 0 saturated heterocycles. The number of aryl methyl sites for hydroxylation is 1. The molecule has 0 unspecified atom stereocenters. The predicted molar refractivity (Wildman–Crippen MR) is 141 cm³/mol. The van der Waals surface area contributed by atoms with E-state index in [0.29, 0.717) is 21.6 Å². The maximum Gasteiger partial charge on any atom is 0.253 e. The molecule has 0 aliphatic rings. The Bertz CT molecular complexity index is 1220. The lowest BCUT2D eigenvalue weighted by molar-refractivity contribution is -0.113. The van der Waals surface area contributed by atoms with Crippen molar-refractivity contribution in [2.24, 2.45) is 13.0 Å². The van der Waals surface area contributed by atoms with Gasteiger partial charge in [0, 0.05) is 22.2 Å². The summed E-state index contributed by atoms with van der Waals surface area (Å²) in [6, 6.07) is 9.94. The zero-order chi connectivity index (χ0) is 25.0. The van der Waals surface area contributed by atoms with Crippen molar-refractivity contribution in [1.29, 1.82) is 0 Å². The Morgan fingerprint density at radius 2 is 1.88 bits per heavy atom. The van der Waals surface area contributed by atoms with Crippen molar-refractivity contribution in [2.45, 2.75) is 32.0 Å². The number of carbonyl (C=O) groups is 2. The summed E-state index contributed by atoms with van der Waals surface area (Å²) in [6.45, 7) is 5.91. The topological polar surface area (TPSA) is 88.9 Å². The first-order valence-corrected chi connectivity index (χ1v) is 12.9. The van der Waals surface area contributed by atoms with E-state index >= 15 is 0 Å².